The van der Waals surface area contributed by atoms with Gasteiger partial charge in [0.2, 0.25) is 0 Å². The van der Waals surface area contributed by atoms with E-state index in [0.29, 0.717) is 6.04 Å². The molecule has 1 heterocycles. The van der Waals surface area contributed by atoms with E-state index in [1.54, 1.807) is 0 Å². The Kier molecular flexibility index (Phi) is 6.36. The van der Waals surface area contributed by atoms with Crippen molar-refractivity contribution in [2.24, 2.45) is 5.92 Å². The van der Waals surface area contributed by atoms with Crippen molar-refractivity contribution in [2.45, 2.75) is 69.9 Å². The molecule has 1 N–H and O–H groups in total. The summed E-state index contributed by atoms with van der Waals surface area (Å²) in [6, 6.07) is 0.575. The normalized spacial score (nSPS) is 30.9. The summed E-state index contributed by atoms with van der Waals surface area (Å²) in [6.07, 6.45) is 10.1. The van der Waals surface area contributed by atoms with E-state index >= 15 is 0 Å². The Morgan fingerprint density at radius 2 is 1.92 bits per heavy atom. The molecule has 2 atom stereocenters. The second-order valence-corrected chi connectivity index (χ2v) is 9.45. The number of thioether (sulfide) groups is 1. The molecular formula is C19H35N3OS. The summed E-state index contributed by atoms with van der Waals surface area (Å²) in [7, 11) is 2.00. The maximum Gasteiger partial charge on any atom is 0.317 e. The van der Waals surface area contributed by atoms with Gasteiger partial charge in [-0.3, -0.25) is 4.90 Å². The summed E-state index contributed by atoms with van der Waals surface area (Å²) in [5, 5.41) is 3.31. The summed E-state index contributed by atoms with van der Waals surface area (Å²) in [4.78, 5) is 17.4. The first-order valence-corrected chi connectivity index (χ1v) is 11.1. The van der Waals surface area contributed by atoms with Gasteiger partial charge >= 0.3 is 6.03 Å². The van der Waals surface area contributed by atoms with Gasteiger partial charge in [-0.1, -0.05) is 32.6 Å². The van der Waals surface area contributed by atoms with Gasteiger partial charge in [-0.2, -0.15) is 11.8 Å². The molecule has 0 aromatic heterocycles. The zero-order valence-corrected chi connectivity index (χ0v) is 16.4. The number of hydrogen-bond acceptors (Lipinski definition) is 3. The first-order valence-electron chi connectivity index (χ1n) is 9.94. The minimum absolute atomic E-state index is 0.145. The van der Waals surface area contributed by atoms with Crippen LogP contribution in [0.4, 0.5) is 4.79 Å². The van der Waals surface area contributed by atoms with E-state index < -0.39 is 0 Å². The molecule has 1 aliphatic heterocycles. The minimum Gasteiger partial charge on any atom is -0.336 e. The van der Waals surface area contributed by atoms with E-state index in [2.05, 4.69) is 28.9 Å². The van der Waals surface area contributed by atoms with Crippen molar-refractivity contribution in [3.63, 3.8) is 0 Å². The molecule has 2 saturated carbocycles. The molecule has 1 saturated heterocycles. The van der Waals surface area contributed by atoms with Gasteiger partial charge < -0.3 is 10.2 Å². The lowest BCUT2D eigenvalue weighted by Crippen LogP contribution is -2.58. The quantitative estimate of drug-likeness (QED) is 0.839. The minimum atomic E-state index is 0.145. The number of urea groups is 1. The molecule has 4 nitrogen and oxygen atoms in total. The molecule has 5 heteroatoms. The molecule has 0 spiro atoms. The van der Waals surface area contributed by atoms with E-state index in [1.165, 1.54) is 76.0 Å². The third kappa shape index (κ3) is 4.21. The van der Waals surface area contributed by atoms with Crippen LogP contribution < -0.4 is 5.32 Å². The van der Waals surface area contributed by atoms with Crippen LogP contribution in [-0.4, -0.2) is 65.6 Å². The van der Waals surface area contributed by atoms with Crippen molar-refractivity contribution >= 4 is 17.8 Å². The third-order valence-electron chi connectivity index (χ3n) is 6.56. The van der Waals surface area contributed by atoms with Crippen molar-refractivity contribution in [2.75, 3.05) is 38.2 Å². The van der Waals surface area contributed by atoms with Gasteiger partial charge in [0, 0.05) is 49.8 Å². The van der Waals surface area contributed by atoms with Crippen LogP contribution in [0.25, 0.3) is 0 Å². The number of carbonyl (C=O) groups excluding carboxylic acids is 1. The lowest BCUT2D eigenvalue weighted by Gasteiger charge is -2.44. The molecule has 138 valence electrons. The van der Waals surface area contributed by atoms with Crippen LogP contribution >= 0.6 is 11.8 Å². The molecule has 0 bridgehead atoms. The van der Waals surface area contributed by atoms with Crippen molar-refractivity contribution in [3.05, 3.63) is 0 Å². The van der Waals surface area contributed by atoms with Crippen LogP contribution in [-0.2, 0) is 0 Å². The number of rotatable bonds is 4. The Bertz CT molecular complexity index is 419. The van der Waals surface area contributed by atoms with Crippen LogP contribution in [0.1, 0.15) is 58.3 Å². The Labute approximate surface area is 152 Å². The van der Waals surface area contributed by atoms with Gasteiger partial charge in [0.1, 0.15) is 0 Å². The average Bonchev–Trinajstić information content (AvgIpc) is 3.10. The predicted molar refractivity (Wildman–Crippen MR) is 103 cm³/mol. The molecule has 2 aliphatic carbocycles. The molecule has 0 aromatic rings. The fourth-order valence-electron chi connectivity index (χ4n) is 4.96. The number of hydrogen-bond donors (Lipinski definition) is 1. The van der Waals surface area contributed by atoms with Crippen LogP contribution in [0.2, 0.25) is 0 Å². The summed E-state index contributed by atoms with van der Waals surface area (Å²) in [5.41, 5.74) is 0.233. The Morgan fingerprint density at radius 3 is 2.58 bits per heavy atom. The number of nitrogens with zero attached hydrogens (tertiary/aromatic N) is 2. The van der Waals surface area contributed by atoms with Crippen LogP contribution in [0, 0.1) is 5.92 Å². The smallest absolute Gasteiger partial charge is 0.317 e. The standard InChI is InChI=1S/C19H35N3OS/c1-16-6-5-7-17(14-16)21(2)18(23)20-15-19(8-3-4-9-19)22-10-12-24-13-11-22/h16-17H,3-15H2,1-2H3,(H,20,23). The molecule has 2 amide bonds. The summed E-state index contributed by atoms with van der Waals surface area (Å²) >= 11 is 2.07. The van der Waals surface area contributed by atoms with E-state index in [1.807, 2.05) is 11.9 Å². The van der Waals surface area contributed by atoms with Crippen molar-refractivity contribution in [3.8, 4) is 0 Å². The van der Waals surface area contributed by atoms with Gasteiger partial charge in [-0.05, 0) is 31.6 Å². The lowest BCUT2D eigenvalue weighted by molar-refractivity contribution is 0.0989. The molecule has 3 aliphatic rings. The maximum atomic E-state index is 12.7. The average molecular weight is 354 g/mol. The summed E-state index contributed by atoms with van der Waals surface area (Å²) < 4.78 is 0. The number of amides is 2. The molecule has 0 aromatic carbocycles. The predicted octanol–water partition coefficient (Wildman–Crippen LogP) is 3.57. The van der Waals surface area contributed by atoms with Gasteiger partial charge in [0.15, 0.2) is 0 Å². The highest BCUT2D eigenvalue weighted by molar-refractivity contribution is 7.99. The largest absolute Gasteiger partial charge is 0.336 e. The lowest BCUT2D eigenvalue weighted by atomic mass is 9.86. The molecule has 3 rings (SSSR count). The SMILES string of the molecule is CC1CCCC(N(C)C(=O)NCC2(N3CCSCC3)CCCC2)C1. The topological polar surface area (TPSA) is 35.6 Å². The number of carbonyl (C=O) groups is 1. The molecule has 2 unspecified atom stereocenters. The highest BCUT2D eigenvalue weighted by Gasteiger charge is 2.40. The first kappa shape index (κ1) is 18.4. The second-order valence-electron chi connectivity index (χ2n) is 8.23. The molecule has 0 radical (unpaired) electrons. The Hall–Kier alpha value is -0.420. The van der Waals surface area contributed by atoms with Crippen molar-refractivity contribution in [1.82, 2.24) is 15.1 Å². The third-order valence-corrected chi connectivity index (χ3v) is 7.50. The second kappa shape index (κ2) is 8.31. The van der Waals surface area contributed by atoms with E-state index in [-0.39, 0.29) is 11.6 Å². The van der Waals surface area contributed by atoms with Gasteiger partial charge in [0.25, 0.3) is 0 Å². The zero-order chi connectivity index (χ0) is 17.0. The molecule has 3 fully saturated rings. The highest BCUT2D eigenvalue weighted by Crippen LogP contribution is 2.36. The first-order chi connectivity index (χ1) is 11.6. The van der Waals surface area contributed by atoms with Crippen LogP contribution in [0.3, 0.4) is 0 Å². The monoisotopic (exact) mass is 353 g/mol. The Balaban J connectivity index is 1.55. The van der Waals surface area contributed by atoms with E-state index in [9.17, 15) is 4.79 Å². The van der Waals surface area contributed by atoms with Gasteiger partial charge in [-0.25, -0.2) is 4.79 Å². The fourth-order valence-corrected chi connectivity index (χ4v) is 5.86. The number of nitrogens with one attached hydrogen (secondary N) is 1. The van der Waals surface area contributed by atoms with E-state index in [4.69, 9.17) is 0 Å². The van der Waals surface area contributed by atoms with Gasteiger partial charge in [0.05, 0.1) is 0 Å². The fraction of sp³-hybridized carbons (Fsp3) is 0.947. The van der Waals surface area contributed by atoms with Crippen molar-refractivity contribution in [1.29, 1.82) is 0 Å². The molecular weight excluding hydrogens is 318 g/mol. The molecule has 24 heavy (non-hydrogen) atoms. The zero-order valence-electron chi connectivity index (χ0n) is 15.6. The summed E-state index contributed by atoms with van der Waals surface area (Å²) in [6.45, 7) is 5.54. The van der Waals surface area contributed by atoms with Crippen LogP contribution in [0.15, 0.2) is 0 Å². The highest BCUT2D eigenvalue weighted by atomic mass is 32.2. The van der Waals surface area contributed by atoms with Crippen molar-refractivity contribution < 1.29 is 4.79 Å². The van der Waals surface area contributed by atoms with E-state index in [0.717, 1.165) is 12.5 Å². The Morgan fingerprint density at radius 1 is 1.21 bits per heavy atom. The van der Waals surface area contributed by atoms with Crippen LogP contribution in [0.5, 0.6) is 0 Å². The summed E-state index contributed by atoms with van der Waals surface area (Å²) in [5.74, 6) is 3.25. The van der Waals surface area contributed by atoms with Gasteiger partial charge in [-0.15, -0.1) is 0 Å². The maximum absolute atomic E-state index is 12.7.